The summed E-state index contributed by atoms with van der Waals surface area (Å²) in [6, 6.07) is 13.1. The van der Waals surface area contributed by atoms with Gasteiger partial charge in [-0.05, 0) is 55.2 Å². The first-order valence-electron chi connectivity index (χ1n) is 10.7. The number of H-pyrrole nitrogens is 1. The van der Waals surface area contributed by atoms with Crippen molar-refractivity contribution in [3.63, 3.8) is 0 Å². The third-order valence-corrected chi connectivity index (χ3v) is 5.84. The molecule has 2 aromatic carbocycles. The monoisotopic (exact) mass is 422 g/mol. The van der Waals surface area contributed by atoms with E-state index in [0.29, 0.717) is 18.7 Å². The van der Waals surface area contributed by atoms with Crippen LogP contribution >= 0.6 is 0 Å². The van der Waals surface area contributed by atoms with Crippen molar-refractivity contribution in [3.05, 3.63) is 65.7 Å². The molecule has 1 unspecified atom stereocenters. The number of hydrogen-bond acceptors (Lipinski definition) is 3. The lowest BCUT2D eigenvalue weighted by molar-refractivity contribution is -0.127. The van der Waals surface area contributed by atoms with Gasteiger partial charge < -0.3 is 15.2 Å². The highest BCUT2D eigenvalue weighted by molar-refractivity contribution is 5.94. The van der Waals surface area contributed by atoms with E-state index in [9.17, 15) is 14.0 Å². The Bertz CT molecular complexity index is 1040. The molecule has 4 rings (SSSR count). The predicted molar refractivity (Wildman–Crippen MR) is 117 cm³/mol. The van der Waals surface area contributed by atoms with Crippen molar-refractivity contribution in [1.82, 2.24) is 20.2 Å². The van der Waals surface area contributed by atoms with Crippen LogP contribution < -0.4 is 5.32 Å². The molecule has 31 heavy (non-hydrogen) atoms. The van der Waals surface area contributed by atoms with Crippen molar-refractivity contribution in [2.75, 3.05) is 13.1 Å². The Morgan fingerprint density at radius 1 is 1.16 bits per heavy atom. The number of hydrogen-bond donors (Lipinski definition) is 2. The topological polar surface area (TPSA) is 78.1 Å². The fourth-order valence-electron chi connectivity index (χ4n) is 4.09. The van der Waals surface area contributed by atoms with Crippen LogP contribution in [0.3, 0.4) is 0 Å². The minimum atomic E-state index is -0.377. The zero-order valence-electron chi connectivity index (χ0n) is 17.8. The van der Waals surface area contributed by atoms with Crippen molar-refractivity contribution in [1.29, 1.82) is 0 Å². The van der Waals surface area contributed by atoms with Crippen LogP contribution in [0.4, 0.5) is 4.39 Å². The number of benzene rings is 2. The van der Waals surface area contributed by atoms with Crippen LogP contribution in [0.15, 0.2) is 48.5 Å². The van der Waals surface area contributed by atoms with Crippen LogP contribution in [0, 0.1) is 17.7 Å². The van der Waals surface area contributed by atoms with E-state index >= 15 is 0 Å². The molecule has 3 aromatic rings. The van der Waals surface area contributed by atoms with E-state index in [4.69, 9.17) is 0 Å². The standard InChI is InChI=1S/C24H27FN4O2/c1-15(2)21(22-26-19-7-3-4-8-20(19)27-22)28-23(30)17-6-5-13-29(14-17)24(31)16-9-11-18(25)12-10-16/h3-4,7-12,15,17,21H,5-6,13-14H2,1-2H3,(H,26,27)(H,28,30)/t17?,21-/m0/s1. The van der Waals surface area contributed by atoms with Gasteiger partial charge in [0.15, 0.2) is 0 Å². The second-order valence-corrected chi connectivity index (χ2v) is 8.47. The number of para-hydroxylation sites is 2. The number of nitrogens with one attached hydrogen (secondary N) is 2. The van der Waals surface area contributed by atoms with Crippen LogP contribution in [-0.4, -0.2) is 39.8 Å². The van der Waals surface area contributed by atoms with Gasteiger partial charge in [0.05, 0.1) is 23.0 Å². The average molecular weight is 423 g/mol. The highest BCUT2D eigenvalue weighted by atomic mass is 19.1. The molecule has 0 radical (unpaired) electrons. The highest BCUT2D eigenvalue weighted by Crippen LogP contribution is 2.25. The Morgan fingerprint density at radius 3 is 2.61 bits per heavy atom. The van der Waals surface area contributed by atoms with E-state index in [1.165, 1.54) is 24.3 Å². The third kappa shape index (κ3) is 4.60. The molecule has 0 bridgehead atoms. The van der Waals surface area contributed by atoms with Crippen molar-refractivity contribution >= 4 is 22.8 Å². The summed E-state index contributed by atoms with van der Waals surface area (Å²) in [6.45, 7) is 5.04. The first-order chi connectivity index (χ1) is 14.9. The van der Waals surface area contributed by atoms with E-state index in [2.05, 4.69) is 15.3 Å². The van der Waals surface area contributed by atoms with Crippen molar-refractivity contribution < 1.29 is 14.0 Å². The molecule has 2 N–H and O–H groups in total. The number of rotatable bonds is 5. The maximum Gasteiger partial charge on any atom is 0.253 e. The fourth-order valence-corrected chi connectivity index (χ4v) is 4.09. The lowest BCUT2D eigenvalue weighted by Gasteiger charge is -2.33. The molecular formula is C24H27FN4O2. The summed E-state index contributed by atoms with van der Waals surface area (Å²) in [5.74, 6) is -0.0304. The molecule has 1 aliphatic rings. The third-order valence-electron chi connectivity index (χ3n) is 5.84. The maximum atomic E-state index is 13.2. The molecule has 0 saturated carbocycles. The highest BCUT2D eigenvalue weighted by Gasteiger charge is 2.31. The van der Waals surface area contributed by atoms with Crippen molar-refractivity contribution in [2.24, 2.45) is 11.8 Å². The molecular weight excluding hydrogens is 395 g/mol. The number of amides is 2. The van der Waals surface area contributed by atoms with Crippen LogP contribution in [0.25, 0.3) is 11.0 Å². The summed E-state index contributed by atoms with van der Waals surface area (Å²) < 4.78 is 13.2. The van der Waals surface area contributed by atoms with Crippen molar-refractivity contribution in [3.8, 4) is 0 Å². The van der Waals surface area contributed by atoms with Gasteiger partial charge in [0.2, 0.25) is 5.91 Å². The van der Waals surface area contributed by atoms with Crippen LogP contribution in [0.2, 0.25) is 0 Å². The SMILES string of the molecule is CC(C)[C@H](NC(=O)C1CCCN(C(=O)c2ccc(F)cc2)C1)c1nc2ccccc2[nH]1. The predicted octanol–water partition coefficient (Wildman–Crippen LogP) is 4.07. The van der Waals surface area contributed by atoms with Gasteiger partial charge in [-0.3, -0.25) is 9.59 Å². The number of aromatic amines is 1. The van der Waals surface area contributed by atoms with Gasteiger partial charge in [-0.15, -0.1) is 0 Å². The van der Waals surface area contributed by atoms with Crippen LogP contribution in [0.5, 0.6) is 0 Å². The zero-order chi connectivity index (χ0) is 22.0. The molecule has 7 heteroatoms. The molecule has 1 aromatic heterocycles. The first-order valence-corrected chi connectivity index (χ1v) is 10.7. The second-order valence-electron chi connectivity index (χ2n) is 8.47. The van der Waals surface area contributed by atoms with Gasteiger partial charge in [-0.25, -0.2) is 9.37 Å². The Kier molecular flexibility index (Phi) is 6.02. The van der Waals surface area contributed by atoms with E-state index in [1.807, 2.05) is 38.1 Å². The summed E-state index contributed by atoms with van der Waals surface area (Å²) in [7, 11) is 0. The molecule has 162 valence electrons. The van der Waals surface area contributed by atoms with E-state index in [0.717, 1.165) is 29.7 Å². The number of carbonyl (C=O) groups excluding carboxylic acids is 2. The Hall–Kier alpha value is -3.22. The first kappa shape index (κ1) is 21.0. The smallest absolute Gasteiger partial charge is 0.253 e. The number of aromatic nitrogens is 2. The quantitative estimate of drug-likeness (QED) is 0.651. The summed E-state index contributed by atoms with van der Waals surface area (Å²) in [5, 5.41) is 3.15. The molecule has 0 aliphatic carbocycles. The van der Waals surface area contributed by atoms with Crippen LogP contribution in [-0.2, 0) is 4.79 Å². The molecule has 2 amide bonds. The van der Waals surface area contributed by atoms with Gasteiger partial charge in [0, 0.05) is 18.7 Å². The Labute approximate surface area is 180 Å². The number of fused-ring (bicyclic) bond motifs is 1. The zero-order valence-corrected chi connectivity index (χ0v) is 17.8. The minimum Gasteiger partial charge on any atom is -0.346 e. The van der Waals surface area contributed by atoms with Gasteiger partial charge in [0.1, 0.15) is 11.6 Å². The summed E-state index contributed by atoms with van der Waals surface area (Å²) in [4.78, 5) is 35.6. The summed E-state index contributed by atoms with van der Waals surface area (Å²) in [6.07, 6.45) is 1.48. The fraction of sp³-hybridized carbons (Fsp3) is 0.375. The molecule has 2 atom stereocenters. The molecule has 2 heterocycles. The molecule has 1 aliphatic heterocycles. The van der Waals surface area contributed by atoms with E-state index in [-0.39, 0.29) is 35.5 Å². The summed E-state index contributed by atoms with van der Waals surface area (Å²) >= 11 is 0. The number of nitrogens with zero attached hydrogens (tertiary/aromatic N) is 2. The van der Waals surface area contributed by atoms with E-state index in [1.54, 1.807) is 4.90 Å². The minimum absolute atomic E-state index is 0.0734. The maximum absolute atomic E-state index is 13.2. The van der Waals surface area contributed by atoms with Crippen molar-refractivity contribution in [2.45, 2.75) is 32.7 Å². The van der Waals surface area contributed by atoms with Crippen LogP contribution in [0.1, 0.15) is 48.9 Å². The van der Waals surface area contributed by atoms with Gasteiger partial charge in [-0.1, -0.05) is 26.0 Å². The second kappa shape index (κ2) is 8.88. The number of piperidine rings is 1. The molecule has 0 spiro atoms. The van der Waals surface area contributed by atoms with Gasteiger partial charge in [-0.2, -0.15) is 0 Å². The van der Waals surface area contributed by atoms with Gasteiger partial charge in [0.25, 0.3) is 5.91 Å². The number of imidazole rings is 1. The lowest BCUT2D eigenvalue weighted by atomic mass is 9.95. The number of halogens is 1. The normalized spacial score (nSPS) is 17.7. The number of carbonyl (C=O) groups is 2. The molecule has 1 saturated heterocycles. The number of likely N-dealkylation sites (tertiary alicyclic amines) is 1. The van der Waals surface area contributed by atoms with E-state index < -0.39 is 0 Å². The average Bonchev–Trinajstić information content (AvgIpc) is 3.21. The molecule has 1 fully saturated rings. The Morgan fingerprint density at radius 2 is 1.90 bits per heavy atom. The lowest BCUT2D eigenvalue weighted by Crippen LogP contribution is -2.46. The largest absolute Gasteiger partial charge is 0.346 e. The van der Waals surface area contributed by atoms with Gasteiger partial charge >= 0.3 is 0 Å². The summed E-state index contributed by atoms with van der Waals surface area (Å²) in [5.41, 5.74) is 2.24. The Balaban J connectivity index is 1.46. The molecule has 6 nitrogen and oxygen atoms in total.